The van der Waals surface area contributed by atoms with Crippen molar-refractivity contribution < 1.29 is 9.53 Å². The molecule has 0 atom stereocenters. The number of piperidine rings is 1. The third-order valence-electron chi connectivity index (χ3n) is 4.01. The average molecular weight is 498 g/mol. The highest BCUT2D eigenvalue weighted by molar-refractivity contribution is 14.0. The van der Waals surface area contributed by atoms with Crippen LogP contribution in [-0.4, -0.2) is 56.4 Å². The highest BCUT2D eigenvalue weighted by atomic mass is 127. The number of hydrogen-bond acceptors (Lipinski definition) is 4. The molecule has 0 aliphatic carbocycles. The molecule has 0 radical (unpaired) electrons. The summed E-state index contributed by atoms with van der Waals surface area (Å²) in [6.45, 7) is 2.48. The highest BCUT2D eigenvalue weighted by Gasteiger charge is 2.26. The summed E-state index contributed by atoms with van der Waals surface area (Å²) in [6, 6.07) is 7.86. The number of benzene rings is 1. The number of guanidine groups is 1. The van der Waals surface area contributed by atoms with Crippen molar-refractivity contribution in [2.75, 3.05) is 39.5 Å². The van der Waals surface area contributed by atoms with Crippen LogP contribution in [0.5, 0.6) is 0 Å². The van der Waals surface area contributed by atoms with Crippen LogP contribution in [0, 0.1) is 5.92 Å². The van der Waals surface area contributed by atoms with Crippen molar-refractivity contribution in [3.05, 3.63) is 29.3 Å². The molecule has 1 saturated heterocycles. The fourth-order valence-electron chi connectivity index (χ4n) is 2.69. The molecule has 1 aromatic rings. The topological polar surface area (TPSA) is 53.9 Å². The summed E-state index contributed by atoms with van der Waals surface area (Å²) in [7, 11) is 3.24. The molecule has 0 saturated carbocycles. The second-order valence-electron chi connectivity index (χ2n) is 5.56. The zero-order valence-electron chi connectivity index (χ0n) is 14.5. The Labute approximate surface area is 175 Å². The first kappa shape index (κ1) is 22.4. The van der Waals surface area contributed by atoms with Gasteiger partial charge in [-0.05, 0) is 37.1 Å². The molecule has 5 nitrogen and oxygen atoms in total. The molecule has 1 N–H and O–H groups in total. The highest BCUT2D eigenvalue weighted by Crippen LogP contribution is 2.20. The summed E-state index contributed by atoms with van der Waals surface area (Å²) < 4.78 is 4.83. The monoisotopic (exact) mass is 497 g/mol. The van der Waals surface area contributed by atoms with E-state index in [1.54, 1.807) is 18.8 Å². The van der Waals surface area contributed by atoms with Gasteiger partial charge in [0, 0.05) is 42.4 Å². The van der Waals surface area contributed by atoms with E-state index in [0.29, 0.717) is 0 Å². The van der Waals surface area contributed by atoms with Crippen LogP contribution in [0.15, 0.2) is 34.2 Å². The van der Waals surface area contributed by atoms with Gasteiger partial charge in [0.2, 0.25) is 0 Å². The molecule has 1 fully saturated rings. The number of halogens is 2. The Kier molecular flexibility index (Phi) is 10.6. The minimum Gasteiger partial charge on any atom is -0.469 e. The first-order valence-corrected chi connectivity index (χ1v) is 9.42. The number of aliphatic imine (C=N–C) groups is 1. The fourth-order valence-corrected chi connectivity index (χ4v) is 3.58. The van der Waals surface area contributed by atoms with Crippen LogP contribution >= 0.6 is 47.3 Å². The van der Waals surface area contributed by atoms with Gasteiger partial charge in [0.1, 0.15) is 0 Å². The van der Waals surface area contributed by atoms with Crippen molar-refractivity contribution in [3.8, 4) is 0 Å². The Morgan fingerprint density at radius 2 is 2.00 bits per heavy atom. The molecular weight excluding hydrogens is 473 g/mol. The predicted molar refractivity (Wildman–Crippen MR) is 115 cm³/mol. The maximum Gasteiger partial charge on any atom is 0.308 e. The lowest BCUT2D eigenvalue weighted by molar-refractivity contribution is -0.146. The number of hydrogen-bond donors (Lipinski definition) is 1. The van der Waals surface area contributed by atoms with Crippen molar-refractivity contribution in [1.82, 2.24) is 10.2 Å². The van der Waals surface area contributed by atoms with Crippen LogP contribution in [0.4, 0.5) is 0 Å². The molecule has 1 aliphatic heterocycles. The van der Waals surface area contributed by atoms with Crippen LogP contribution in [0.3, 0.4) is 0 Å². The smallest absolute Gasteiger partial charge is 0.308 e. The lowest BCUT2D eigenvalue weighted by atomic mass is 9.97. The number of thioether (sulfide) groups is 1. The molecule has 1 heterocycles. The Bertz CT molecular complexity index is 564. The Morgan fingerprint density at radius 3 is 2.56 bits per heavy atom. The summed E-state index contributed by atoms with van der Waals surface area (Å²) in [5.74, 6) is 1.76. The molecule has 0 bridgehead atoms. The van der Waals surface area contributed by atoms with Crippen molar-refractivity contribution in [2.24, 2.45) is 10.9 Å². The third-order valence-corrected chi connectivity index (χ3v) is 5.27. The summed E-state index contributed by atoms with van der Waals surface area (Å²) in [5, 5.41) is 4.15. The van der Waals surface area contributed by atoms with Crippen LogP contribution in [0.25, 0.3) is 0 Å². The van der Waals surface area contributed by atoms with Crippen LogP contribution in [0.1, 0.15) is 12.8 Å². The van der Waals surface area contributed by atoms with Crippen molar-refractivity contribution >= 4 is 59.3 Å². The largest absolute Gasteiger partial charge is 0.469 e. The van der Waals surface area contributed by atoms with Gasteiger partial charge in [-0.25, -0.2) is 0 Å². The molecule has 140 valence electrons. The van der Waals surface area contributed by atoms with E-state index < -0.39 is 0 Å². The minimum atomic E-state index is -0.100. The molecule has 25 heavy (non-hydrogen) atoms. The maximum absolute atomic E-state index is 11.6. The zero-order valence-corrected chi connectivity index (χ0v) is 18.4. The average Bonchev–Trinajstić information content (AvgIpc) is 2.63. The van der Waals surface area contributed by atoms with Gasteiger partial charge in [0.05, 0.1) is 13.0 Å². The molecule has 1 aromatic carbocycles. The number of nitrogens with one attached hydrogen (secondary N) is 1. The minimum absolute atomic E-state index is 0. The first-order chi connectivity index (χ1) is 11.6. The van der Waals surface area contributed by atoms with Gasteiger partial charge in [-0.15, -0.1) is 35.7 Å². The van der Waals surface area contributed by atoms with E-state index in [-0.39, 0.29) is 35.9 Å². The standard InChI is InChI=1S/C17H24ClN3O2S.HI/c1-19-17(21-10-7-13(8-11-21)16(22)23-2)20-9-12-24-15-5-3-14(18)4-6-15;/h3-6,13H,7-12H2,1-2H3,(H,19,20);1H. The quantitative estimate of drug-likeness (QED) is 0.168. The van der Waals surface area contributed by atoms with Gasteiger partial charge in [0.25, 0.3) is 0 Å². The SMILES string of the molecule is CN=C(NCCSc1ccc(Cl)cc1)N1CCC(C(=O)OC)CC1.I. The predicted octanol–water partition coefficient (Wildman–Crippen LogP) is 3.51. The van der Waals surface area contributed by atoms with E-state index in [9.17, 15) is 4.79 Å². The van der Waals surface area contributed by atoms with E-state index in [1.165, 1.54) is 12.0 Å². The van der Waals surface area contributed by atoms with Crippen molar-refractivity contribution in [3.63, 3.8) is 0 Å². The number of carbonyl (C=O) groups excluding carboxylic acids is 1. The number of ether oxygens (including phenoxy) is 1. The Balaban J connectivity index is 0.00000312. The lowest BCUT2D eigenvalue weighted by Crippen LogP contribution is -2.47. The van der Waals surface area contributed by atoms with Crippen LogP contribution in [0.2, 0.25) is 5.02 Å². The fraction of sp³-hybridized carbons (Fsp3) is 0.529. The van der Waals surface area contributed by atoms with Gasteiger partial charge in [-0.2, -0.15) is 0 Å². The molecule has 1 aliphatic rings. The normalized spacial score (nSPS) is 15.5. The Hall–Kier alpha value is -0.670. The number of esters is 1. The van der Waals surface area contributed by atoms with Crippen molar-refractivity contribution in [1.29, 1.82) is 0 Å². The van der Waals surface area contributed by atoms with Crippen LogP contribution < -0.4 is 5.32 Å². The molecule has 8 heteroatoms. The van der Waals surface area contributed by atoms with E-state index in [4.69, 9.17) is 16.3 Å². The van der Waals surface area contributed by atoms with E-state index in [2.05, 4.69) is 15.2 Å². The molecule has 0 amide bonds. The second kappa shape index (κ2) is 11.9. The molecule has 0 spiro atoms. The number of methoxy groups -OCH3 is 1. The van der Waals surface area contributed by atoms with Crippen molar-refractivity contribution in [2.45, 2.75) is 17.7 Å². The number of likely N-dealkylation sites (tertiary alicyclic amines) is 1. The summed E-state index contributed by atoms with van der Waals surface area (Å²) >= 11 is 7.67. The summed E-state index contributed by atoms with van der Waals surface area (Å²) in [4.78, 5) is 19.3. The van der Waals surface area contributed by atoms with E-state index >= 15 is 0 Å². The molecular formula is C17H25ClIN3O2S. The van der Waals surface area contributed by atoms with Gasteiger partial charge < -0.3 is 15.0 Å². The van der Waals surface area contributed by atoms with Gasteiger partial charge in [0.15, 0.2) is 5.96 Å². The van der Waals surface area contributed by atoms with Gasteiger partial charge in [-0.3, -0.25) is 9.79 Å². The number of rotatable bonds is 5. The zero-order chi connectivity index (χ0) is 17.4. The van der Waals surface area contributed by atoms with Gasteiger partial charge >= 0.3 is 5.97 Å². The third kappa shape index (κ3) is 7.22. The summed E-state index contributed by atoms with van der Waals surface area (Å²) in [6.07, 6.45) is 1.62. The molecule has 0 aromatic heterocycles. The maximum atomic E-state index is 11.6. The summed E-state index contributed by atoms with van der Waals surface area (Å²) in [5.41, 5.74) is 0. The number of nitrogens with zero attached hydrogens (tertiary/aromatic N) is 2. The number of carbonyl (C=O) groups is 1. The first-order valence-electron chi connectivity index (χ1n) is 8.06. The van der Waals surface area contributed by atoms with Crippen LogP contribution in [-0.2, 0) is 9.53 Å². The second-order valence-corrected chi connectivity index (χ2v) is 7.17. The Morgan fingerprint density at radius 1 is 1.36 bits per heavy atom. The van der Waals surface area contributed by atoms with Gasteiger partial charge in [-0.1, -0.05) is 11.6 Å². The van der Waals surface area contributed by atoms with E-state index in [1.807, 2.05) is 24.3 Å². The lowest BCUT2D eigenvalue weighted by Gasteiger charge is -2.33. The molecule has 0 unspecified atom stereocenters. The van der Waals surface area contributed by atoms with E-state index in [0.717, 1.165) is 49.2 Å². The molecule has 2 rings (SSSR count).